The van der Waals surface area contributed by atoms with Crippen molar-refractivity contribution < 1.29 is 9.53 Å². The van der Waals surface area contributed by atoms with Gasteiger partial charge in [-0.25, -0.2) is 0 Å². The molecule has 1 heterocycles. The third-order valence-electron chi connectivity index (χ3n) is 2.52. The quantitative estimate of drug-likeness (QED) is 0.686. The highest BCUT2D eigenvalue weighted by atomic mass is 16.5. The van der Waals surface area contributed by atoms with Crippen LogP contribution in [0.15, 0.2) is 0 Å². The molecule has 0 radical (unpaired) electrons. The maximum atomic E-state index is 11.5. The Morgan fingerprint density at radius 3 is 2.29 bits per heavy atom. The molecule has 3 heteroatoms. The average molecular weight is 199 g/mol. The van der Waals surface area contributed by atoms with Gasteiger partial charge in [-0.15, -0.1) is 0 Å². The molecule has 3 nitrogen and oxygen atoms in total. The molecule has 2 atom stereocenters. The van der Waals surface area contributed by atoms with Crippen molar-refractivity contribution in [3.63, 3.8) is 0 Å². The van der Waals surface area contributed by atoms with Crippen molar-refractivity contribution in [2.75, 3.05) is 19.6 Å². The van der Waals surface area contributed by atoms with Crippen molar-refractivity contribution in [1.29, 1.82) is 0 Å². The number of hydrogen-bond donors (Lipinski definition) is 0. The summed E-state index contributed by atoms with van der Waals surface area (Å²) in [7, 11) is 0. The Morgan fingerprint density at radius 2 is 1.86 bits per heavy atom. The van der Waals surface area contributed by atoms with Crippen LogP contribution in [0.1, 0.15) is 27.7 Å². The lowest BCUT2D eigenvalue weighted by molar-refractivity contribution is -0.126. The van der Waals surface area contributed by atoms with Gasteiger partial charge in [-0.1, -0.05) is 13.8 Å². The minimum absolute atomic E-state index is 0.142. The smallest absolute Gasteiger partial charge is 0.149 e. The number of rotatable bonds is 3. The Balaban J connectivity index is 2.40. The SMILES string of the molecule is CC(C)C(=O)CN1C[C@@H](C)O[C@@H](C)C1. The molecule has 14 heavy (non-hydrogen) atoms. The van der Waals surface area contributed by atoms with Crippen molar-refractivity contribution in [2.45, 2.75) is 39.9 Å². The minimum atomic E-state index is 0.142. The number of morpholine rings is 1. The van der Waals surface area contributed by atoms with Gasteiger partial charge in [0.15, 0.2) is 0 Å². The lowest BCUT2D eigenvalue weighted by Gasteiger charge is -2.35. The first-order chi connectivity index (χ1) is 6.49. The first-order valence-corrected chi connectivity index (χ1v) is 5.39. The maximum absolute atomic E-state index is 11.5. The molecule has 0 spiro atoms. The van der Waals surface area contributed by atoms with E-state index in [-0.39, 0.29) is 18.1 Å². The molecular weight excluding hydrogens is 178 g/mol. The summed E-state index contributed by atoms with van der Waals surface area (Å²) < 4.78 is 5.61. The third-order valence-corrected chi connectivity index (χ3v) is 2.52. The summed E-state index contributed by atoms with van der Waals surface area (Å²) in [6, 6.07) is 0. The fourth-order valence-corrected chi connectivity index (χ4v) is 1.82. The first-order valence-electron chi connectivity index (χ1n) is 5.39. The van der Waals surface area contributed by atoms with Crippen molar-refractivity contribution in [2.24, 2.45) is 5.92 Å². The van der Waals surface area contributed by atoms with Gasteiger partial charge in [0, 0.05) is 19.0 Å². The predicted molar refractivity (Wildman–Crippen MR) is 56.3 cm³/mol. The molecule has 1 fully saturated rings. The molecule has 82 valence electrons. The Bertz CT molecular complexity index is 193. The molecule has 0 aromatic heterocycles. The summed E-state index contributed by atoms with van der Waals surface area (Å²) in [6.07, 6.45) is 0.498. The summed E-state index contributed by atoms with van der Waals surface area (Å²) in [4.78, 5) is 13.7. The van der Waals surface area contributed by atoms with Crippen LogP contribution in [0.4, 0.5) is 0 Å². The number of ketones is 1. The van der Waals surface area contributed by atoms with Crippen LogP contribution in [0.25, 0.3) is 0 Å². The molecule has 1 aliphatic rings. The predicted octanol–water partition coefficient (Wildman–Crippen LogP) is 1.32. The molecule has 1 aliphatic heterocycles. The summed E-state index contributed by atoms with van der Waals surface area (Å²) in [5, 5.41) is 0. The standard InChI is InChI=1S/C11H21NO2/c1-8(2)11(13)7-12-5-9(3)14-10(4)6-12/h8-10H,5-7H2,1-4H3/t9-,10+. The number of nitrogens with zero attached hydrogens (tertiary/aromatic N) is 1. The lowest BCUT2D eigenvalue weighted by atomic mass is 10.1. The van der Waals surface area contributed by atoms with Gasteiger partial charge in [-0.3, -0.25) is 9.69 Å². The van der Waals surface area contributed by atoms with E-state index >= 15 is 0 Å². The Morgan fingerprint density at radius 1 is 1.36 bits per heavy atom. The number of carbonyl (C=O) groups excluding carboxylic acids is 1. The molecule has 0 aromatic carbocycles. The van der Waals surface area contributed by atoms with Gasteiger partial charge in [0.25, 0.3) is 0 Å². The number of hydrogen-bond acceptors (Lipinski definition) is 3. The fraction of sp³-hybridized carbons (Fsp3) is 0.909. The summed E-state index contributed by atoms with van der Waals surface area (Å²) in [5.74, 6) is 0.467. The molecule has 0 unspecified atom stereocenters. The van der Waals surface area contributed by atoms with E-state index in [4.69, 9.17) is 4.74 Å². The lowest BCUT2D eigenvalue weighted by Crippen LogP contribution is -2.47. The van der Waals surface area contributed by atoms with E-state index in [2.05, 4.69) is 18.7 Å². The van der Waals surface area contributed by atoms with Gasteiger partial charge < -0.3 is 4.74 Å². The van der Waals surface area contributed by atoms with Crippen LogP contribution in [0.5, 0.6) is 0 Å². The molecule has 0 aromatic rings. The molecule has 0 N–H and O–H groups in total. The fourth-order valence-electron chi connectivity index (χ4n) is 1.82. The van der Waals surface area contributed by atoms with Crippen molar-refractivity contribution in [3.8, 4) is 0 Å². The highest BCUT2D eigenvalue weighted by Crippen LogP contribution is 2.11. The Hall–Kier alpha value is -0.410. The monoisotopic (exact) mass is 199 g/mol. The van der Waals surface area contributed by atoms with Crippen LogP contribution in [-0.4, -0.2) is 42.5 Å². The summed E-state index contributed by atoms with van der Waals surface area (Å²) in [5.41, 5.74) is 0. The van der Waals surface area contributed by atoms with Gasteiger partial charge >= 0.3 is 0 Å². The summed E-state index contributed by atoms with van der Waals surface area (Å²) >= 11 is 0. The zero-order valence-corrected chi connectivity index (χ0v) is 9.62. The van der Waals surface area contributed by atoms with Crippen LogP contribution in [0.2, 0.25) is 0 Å². The zero-order chi connectivity index (χ0) is 10.7. The van der Waals surface area contributed by atoms with Crippen LogP contribution in [0, 0.1) is 5.92 Å². The van der Waals surface area contributed by atoms with E-state index in [0.29, 0.717) is 12.3 Å². The number of carbonyl (C=O) groups is 1. The number of ether oxygens (including phenoxy) is 1. The van der Waals surface area contributed by atoms with Crippen LogP contribution < -0.4 is 0 Å². The molecule has 0 amide bonds. The second-order valence-electron chi connectivity index (χ2n) is 4.57. The highest BCUT2D eigenvalue weighted by molar-refractivity contribution is 5.82. The van der Waals surface area contributed by atoms with E-state index in [1.807, 2.05) is 13.8 Å². The van der Waals surface area contributed by atoms with Gasteiger partial charge in [0.2, 0.25) is 0 Å². The highest BCUT2D eigenvalue weighted by Gasteiger charge is 2.24. The van der Waals surface area contributed by atoms with E-state index in [9.17, 15) is 4.79 Å². The zero-order valence-electron chi connectivity index (χ0n) is 9.62. The molecule has 0 aliphatic carbocycles. The first kappa shape index (κ1) is 11.7. The second-order valence-corrected chi connectivity index (χ2v) is 4.57. The van der Waals surface area contributed by atoms with E-state index in [0.717, 1.165) is 13.1 Å². The molecule has 1 rings (SSSR count). The van der Waals surface area contributed by atoms with Crippen molar-refractivity contribution >= 4 is 5.78 Å². The largest absolute Gasteiger partial charge is 0.373 e. The average Bonchev–Trinajstić information content (AvgIpc) is 2.01. The van der Waals surface area contributed by atoms with Gasteiger partial charge in [0.05, 0.1) is 18.8 Å². The normalized spacial score (nSPS) is 29.5. The molecule has 1 saturated heterocycles. The van der Waals surface area contributed by atoms with Gasteiger partial charge in [0.1, 0.15) is 5.78 Å². The van der Waals surface area contributed by atoms with Crippen molar-refractivity contribution in [1.82, 2.24) is 4.90 Å². The topological polar surface area (TPSA) is 29.5 Å². The van der Waals surface area contributed by atoms with Gasteiger partial charge in [-0.2, -0.15) is 0 Å². The van der Waals surface area contributed by atoms with Crippen LogP contribution in [0.3, 0.4) is 0 Å². The minimum Gasteiger partial charge on any atom is -0.373 e. The van der Waals surface area contributed by atoms with Crippen LogP contribution >= 0.6 is 0 Å². The molecular formula is C11H21NO2. The van der Waals surface area contributed by atoms with Gasteiger partial charge in [-0.05, 0) is 13.8 Å². The van der Waals surface area contributed by atoms with E-state index in [1.54, 1.807) is 0 Å². The van der Waals surface area contributed by atoms with E-state index < -0.39 is 0 Å². The second kappa shape index (κ2) is 4.89. The molecule has 0 bridgehead atoms. The summed E-state index contributed by atoms with van der Waals surface area (Å²) in [6.45, 7) is 10.4. The Labute approximate surface area is 86.4 Å². The van der Waals surface area contributed by atoms with E-state index in [1.165, 1.54) is 0 Å². The molecule has 0 saturated carbocycles. The number of Topliss-reactive ketones (excluding diaryl/α,β-unsaturated/α-hetero) is 1. The van der Waals surface area contributed by atoms with Crippen molar-refractivity contribution in [3.05, 3.63) is 0 Å². The maximum Gasteiger partial charge on any atom is 0.149 e. The van der Waals surface area contributed by atoms with Crippen LogP contribution in [-0.2, 0) is 9.53 Å². The Kier molecular flexibility index (Phi) is 4.08. The third kappa shape index (κ3) is 3.39.